The topological polar surface area (TPSA) is 32.7 Å². The quantitative estimate of drug-likeness (QED) is 0.739. The zero-order chi connectivity index (χ0) is 10.6. The molecule has 0 radical (unpaired) electrons. The summed E-state index contributed by atoms with van der Waals surface area (Å²) in [6.07, 6.45) is 1.75. The predicted octanol–water partition coefficient (Wildman–Crippen LogP) is 1.11. The number of hydrogen-bond donors (Lipinski definition) is 1. The van der Waals surface area contributed by atoms with Crippen LogP contribution in [0.3, 0.4) is 0 Å². The molecule has 0 saturated carbocycles. The van der Waals surface area contributed by atoms with Crippen LogP contribution < -0.4 is 0 Å². The molecule has 0 bridgehead atoms. The van der Waals surface area contributed by atoms with E-state index >= 15 is 0 Å². The summed E-state index contributed by atoms with van der Waals surface area (Å²) in [7, 11) is 2.07. The van der Waals surface area contributed by atoms with Gasteiger partial charge in [-0.15, -0.1) is 0 Å². The number of ether oxygens (including phenoxy) is 1. The number of aliphatic hydroxyl groups excluding tert-OH is 1. The van der Waals surface area contributed by atoms with Crippen LogP contribution in [-0.4, -0.2) is 49.0 Å². The Morgan fingerprint density at radius 3 is 2.79 bits per heavy atom. The van der Waals surface area contributed by atoms with Crippen LogP contribution in [0.25, 0.3) is 0 Å². The van der Waals surface area contributed by atoms with E-state index in [0.29, 0.717) is 13.2 Å². The Bertz CT molecular complexity index is 161. The van der Waals surface area contributed by atoms with Crippen LogP contribution in [0.1, 0.15) is 26.7 Å². The van der Waals surface area contributed by atoms with E-state index in [4.69, 9.17) is 4.74 Å². The SMILES string of the molecule is CC(C)CCN(C)C1COCCC1O. The van der Waals surface area contributed by atoms with Gasteiger partial charge in [0.1, 0.15) is 0 Å². The second-order valence-corrected chi connectivity index (χ2v) is 4.66. The number of hydrogen-bond acceptors (Lipinski definition) is 3. The average molecular weight is 201 g/mol. The Hall–Kier alpha value is -0.120. The fraction of sp³-hybridized carbons (Fsp3) is 1.00. The van der Waals surface area contributed by atoms with Crippen molar-refractivity contribution in [1.29, 1.82) is 0 Å². The van der Waals surface area contributed by atoms with Crippen molar-refractivity contribution in [2.45, 2.75) is 38.8 Å². The predicted molar refractivity (Wildman–Crippen MR) is 57.3 cm³/mol. The Kier molecular flexibility index (Phi) is 4.85. The number of aliphatic hydroxyl groups is 1. The standard InChI is InChI=1S/C11H23NO2/c1-9(2)4-6-12(3)10-8-14-7-5-11(10)13/h9-11,13H,4-8H2,1-3H3. The van der Waals surface area contributed by atoms with E-state index in [0.717, 1.165) is 18.9 Å². The molecule has 0 aromatic heterocycles. The van der Waals surface area contributed by atoms with Crippen molar-refractivity contribution in [3.63, 3.8) is 0 Å². The molecule has 1 aliphatic heterocycles. The van der Waals surface area contributed by atoms with Gasteiger partial charge in [-0.2, -0.15) is 0 Å². The summed E-state index contributed by atoms with van der Waals surface area (Å²) in [6.45, 7) is 6.87. The summed E-state index contributed by atoms with van der Waals surface area (Å²) in [5.41, 5.74) is 0. The summed E-state index contributed by atoms with van der Waals surface area (Å²) < 4.78 is 5.38. The van der Waals surface area contributed by atoms with E-state index in [1.165, 1.54) is 6.42 Å². The van der Waals surface area contributed by atoms with Gasteiger partial charge >= 0.3 is 0 Å². The van der Waals surface area contributed by atoms with Crippen LogP contribution >= 0.6 is 0 Å². The maximum absolute atomic E-state index is 9.78. The van der Waals surface area contributed by atoms with E-state index in [-0.39, 0.29) is 12.1 Å². The molecule has 1 rings (SSSR count). The monoisotopic (exact) mass is 201 g/mol. The highest BCUT2D eigenvalue weighted by Crippen LogP contribution is 2.14. The summed E-state index contributed by atoms with van der Waals surface area (Å²) in [6, 6.07) is 0.197. The fourth-order valence-corrected chi connectivity index (χ4v) is 1.76. The Labute approximate surface area is 87.1 Å². The van der Waals surface area contributed by atoms with Crippen molar-refractivity contribution in [2.75, 3.05) is 26.8 Å². The van der Waals surface area contributed by atoms with Gasteiger partial charge in [-0.3, -0.25) is 4.90 Å². The van der Waals surface area contributed by atoms with Crippen LogP contribution in [0.4, 0.5) is 0 Å². The highest BCUT2D eigenvalue weighted by atomic mass is 16.5. The minimum atomic E-state index is -0.207. The van der Waals surface area contributed by atoms with Crippen LogP contribution in [-0.2, 0) is 4.74 Å². The molecule has 84 valence electrons. The maximum atomic E-state index is 9.78. The number of rotatable bonds is 4. The first-order valence-electron chi connectivity index (χ1n) is 5.57. The van der Waals surface area contributed by atoms with E-state index < -0.39 is 0 Å². The molecule has 0 aromatic rings. The molecule has 1 saturated heterocycles. The van der Waals surface area contributed by atoms with E-state index in [2.05, 4.69) is 25.8 Å². The zero-order valence-corrected chi connectivity index (χ0v) is 9.57. The molecule has 1 fully saturated rings. The van der Waals surface area contributed by atoms with Crippen LogP contribution in [0, 0.1) is 5.92 Å². The third-order valence-corrected chi connectivity index (χ3v) is 2.92. The molecule has 0 spiro atoms. The van der Waals surface area contributed by atoms with Gasteiger partial charge in [0.2, 0.25) is 0 Å². The lowest BCUT2D eigenvalue weighted by atomic mass is 10.0. The maximum Gasteiger partial charge on any atom is 0.0739 e. The molecule has 0 amide bonds. The van der Waals surface area contributed by atoms with E-state index in [1.807, 2.05) is 0 Å². The molecule has 14 heavy (non-hydrogen) atoms. The fourth-order valence-electron chi connectivity index (χ4n) is 1.76. The van der Waals surface area contributed by atoms with Crippen molar-refractivity contribution in [1.82, 2.24) is 4.90 Å². The molecule has 1 aliphatic rings. The molecular formula is C11H23NO2. The summed E-state index contributed by atoms with van der Waals surface area (Å²) in [5, 5.41) is 9.78. The van der Waals surface area contributed by atoms with E-state index in [1.54, 1.807) is 0 Å². The lowest BCUT2D eigenvalue weighted by Gasteiger charge is -2.35. The molecule has 0 aliphatic carbocycles. The molecule has 2 unspecified atom stereocenters. The van der Waals surface area contributed by atoms with Gasteiger partial charge in [0.05, 0.1) is 18.8 Å². The summed E-state index contributed by atoms with van der Waals surface area (Å²) >= 11 is 0. The van der Waals surface area contributed by atoms with Crippen molar-refractivity contribution in [3.8, 4) is 0 Å². The van der Waals surface area contributed by atoms with Crippen LogP contribution in [0.15, 0.2) is 0 Å². The third kappa shape index (κ3) is 3.56. The molecule has 3 heteroatoms. The highest BCUT2D eigenvalue weighted by molar-refractivity contribution is 4.80. The normalized spacial score (nSPS) is 28.7. The second-order valence-electron chi connectivity index (χ2n) is 4.66. The number of likely N-dealkylation sites (N-methyl/N-ethyl adjacent to an activating group) is 1. The minimum absolute atomic E-state index is 0.197. The van der Waals surface area contributed by atoms with Crippen LogP contribution in [0.5, 0.6) is 0 Å². The Morgan fingerprint density at radius 2 is 2.21 bits per heavy atom. The minimum Gasteiger partial charge on any atom is -0.391 e. The van der Waals surface area contributed by atoms with Crippen molar-refractivity contribution in [2.24, 2.45) is 5.92 Å². The first-order chi connectivity index (χ1) is 6.61. The third-order valence-electron chi connectivity index (χ3n) is 2.92. The Balaban J connectivity index is 2.30. The highest BCUT2D eigenvalue weighted by Gasteiger charge is 2.26. The number of nitrogens with zero attached hydrogens (tertiary/aromatic N) is 1. The average Bonchev–Trinajstić information content (AvgIpc) is 2.15. The largest absolute Gasteiger partial charge is 0.391 e. The molecule has 3 nitrogen and oxygen atoms in total. The van der Waals surface area contributed by atoms with Gasteiger partial charge in [0.25, 0.3) is 0 Å². The lowest BCUT2D eigenvalue weighted by molar-refractivity contribution is -0.0548. The zero-order valence-electron chi connectivity index (χ0n) is 9.57. The first-order valence-corrected chi connectivity index (χ1v) is 5.57. The van der Waals surface area contributed by atoms with Gasteiger partial charge in [0.15, 0.2) is 0 Å². The summed E-state index contributed by atoms with van der Waals surface area (Å²) in [5.74, 6) is 0.721. The van der Waals surface area contributed by atoms with Gasteiger partial charge in [-0.1, -0.05) is 13.8 Å². The molecule has 1 N–H and O–H groups in total. The van der Waals surface area contributed by atoms with Crippen molar-refractivity contribution >= 4 is 0 Å². The lowest BCUT2D eigenvalue weighted by Crippen LogP contribution is -2.48. The summed E-state index contributed by atoms with van der Waals surface area (Å²) in [4.78, 5) is 2.23. The van der Waals surface area contributed by atoms with Crippen molar-refractivity contribution in [3.05, 3.63) is 0 Å². The van der Waals surface area contributed by atoms with E-state index in [9.17, 15) is 5.11 Å². The van der Waals surface area contributed by atoms with Crippen molar-refractivity contribution < 1.29 is 9.84 Å². The molecular weight excluding hydrogens is 178 g/mol. The second kappa shape index (κ2) is 5.69. The molecule has 2 atom stereocenters. The Morgan fingerprint density at radius 1 is 1.50 bits per heavy atom. The van der Waals surface area contributed by atoms with Crippen LogP contribution in [0.2, 0.25) is 0 Å². The van der Waals surface area contributed by atoms with Gasteiger partial charge in [0, 0.05) is 6.61 Å². The van der Waals surface area contributed by atoms with Gasteiger partial charge < -0.3 is 9.84 Å². The smallest absolute Gasteiger partial charge is 0.0739 e. The molecule has 0 aromatic carbocycles. The van der Waals surface area contributed by atoms with Gasteiger partial charge in [-0.05, 0) is 32.4 Å². The van der Waals surface area contributed by atoms with Gasteiger partial charge in [-0.25, -0.2) is 0 Å². The first kappa shape index (κ1) is 12.0. The molecule has 1 heterocycles.